The van der Waals surface area contributed by atoms with Crippen molar-refractivity contribution in [2.45, 2.75) is 54.4 Å². The van der Waals surface area contributed by atoms with Crippen LogP contribution in [0.3, 0.4) is 0 Å². The first-order valence-corrected chi connectivity index (χ1v) is 15.5. The van der Waals surface area contributed by atoms with Gasteiger partial charge in [-0.1, -0.05) is 38.1 Å². The van der Waals surface area contributed by atoms with Gasteiger partial charge in [-0.25, -0.2) is 16.8 Å². The first-order chi connectivity index (χ1) is 18.3. The van der Waals surface area contributed by atoms with Crippen molar-refractivity contribution in [3.8, 4) is 0 Å². The van der Waals surface area contributed by atoms with Crippen LogP contribution in [-0.2, 0) is 19.7 Å². The summed E-state index contributed by atoms with van der Waals surface area (Å²) in [5.41, 5.74) is -11.0. The summed E-state index contributed by atoms with van der Waals surface area (Å²) in [7, 11) is -8.87. The molecule has 0 fully saturated rings. The minimum Gasteiger partial charge on any atom is -0.326 e. The fourth-order valence-corrected chi connectivity index (χ4v) is 6.53. The Labute approximate surface area is 229 Å². The van der Waals surface area contributed by atoms with Crippen molar-refractivity contribution in [1.29, 1.82) is 0 Å². The molecule has 4 aromatic rings. The van der Waals surface area contributed by atoms with E-state index in [1.54, 1.807) is 0 Å². The lowest BCUT2D eigenvalue weighted by molar-refractivity contribution is -0.907. The van der Waals surface area contributed by atoms with Gasteiger partial charge in [0.1, 0.15) is 0 Å². The standard InChI is InChI=1S/C18H8F6O4S2.C9H22N/c19-17(20,21)29(25,26)13-5-9-1-2-10-6-14(30(27,28)18(22,23)24)8-12-4-3-11(7-13)15(9)16(10)12;1-5-8-10(4,7-3)9-6-2/h1-8H;5-9H2,1-4H3/q;+1. The fourth-order valence-electron chi connectivity index (χ4n) is 4.87. The summed E-state index contributed by atoms with van der Waals surface area (Å²) >= 11 is 0. The molecule has 220 valence electrons. The number of halogens is 6. The molecule has 4 aromatic carbocycles. The Balaban J connectivity index is 0.000000378. The van der Waals surface area contributed by atoms with Gasteiger partial charge in [0.25, 0.3) is 19.7 Å². The van der Waals surface area contributed by atoms with Crippen molar-refractivity contribution in [3.05, 3.63) is 48.5 Å². The van der Waals surface area contributed by atoms with Crippen molar-refractivity contribution in [2.75, 3.05) is 26.7 Å². The topological polar surface area (TPSA) is 68.3 Å². The molecule has 40 heavy (non-hydrogen) atoms. The molecule has 0 aliphatic carbocycles. The molecular weight excluding hydrogens is 580 g/mol. The fraction of sp³-hybridized carbons (Fsp3) is 0.407. The number of rotatable bonds is 7. The van der Waals surface area contributed by atoms with E-state index in [9.17, 15) is 43.2 Å². The summed E-state index contributed by atoms with van der Waals surface area (Å²) in [6.45, 7) is 10.8. The van der Waals surface area contributed by atoms with Crippen LogP contribution in [0, 0.1) is 0 Å². The third-order valence-electron chi connectivity index (χ3n) is 7.00. The quantitative estimate of drug-likeness (QED) is 0.124. The highest BCUT2D eigenvalue weighted by Gasteiger charge is 2.48. The molecule has 0 saturated heterocycles. The lowest BCUT2D eigenvalue weighted by atomic mass is 9.94. The average molecular weight is 611 g/mol. The van der Waals surface area contributed by atoms with Crippen LogP contribution in [0.2, 0.25) is 0 Å². The zero-order chi connectivity index (χ0) is 30.3. The lowest BCUT2D eigenvalue weighted by Crippen LogP contribution is -2.44. The van der Waals surface area contributed by atoms with Crippen molar-refractivity contribution in [2.24, 2.45) is 0 Å². The van der Waals surface area contributed by atoms with Crippen molar-refractivity contribution in [1.82, 2.24) is 0 Å². The monoisotopic (exact) mass is 610 g/mol. The van der Waals surface area contributed by atoms with Crippen LogP contribution in [0.25, 0.3) is 32.3 Å². The van der Waals surface area contributed by atoms with Crippen LogP contribution in [0.15, 0.2) is 58.3 Å². The molecule has 0 bridgehead atoms. The Morgan fingerprint density at radius 2 is 0.875 bits per heavy atom. The van der Waals surface area contributed by atoms with Gasteiger partial charge in [-0.15, -0.1) is 0 Å². The molecule has 0 amide bonds. The first-order valence-electron chi connectivity index (χ1n) is 12.5. The lowest BCUT2D eigenvalue weighted by Gasteiger charge is -2.32. The summed E-state index contributed by atoms with van der Waals surface area (Å²) in [5.74, 6) is 0. The number of nitrogens with zero attached hydrogens (tertiary/aromatic N) is 1. The van der Waals surface area contributed by atoms with Crippen LogP contribution in [0.4, 0.5) is 26.3 Å². The van der Waals surface area contributed by atoms with Crippen molar-refractivity contribution >= 4 is 52.0 Å². The third-order valence-corrected chi connectivity index (χ3v) is 9.93. The van der Waals surface area contributed by atoms with E-state index in [2.05, 4.69) is 27.8 Å². The summed E-state index contributed by atoms with van der Waals surface area (Å²) in [4.78, 5) is -1.94. The molecule has 0 saturated carbocycles. The normalized spacial score (nSPS) is 13.7. The molecule has 13 heteroatoms. The van der Waals surface area contributed by atoms with E-state index in [1.165, 1.54) is 61.2 Å². The number of quaternary nitrogens is 1. The van der Waals surface area contributed by atoms with Gasteiger partial charge in [-0.2, -0.15) is 26.3 Å². The maximum atomic E-state index is 12.9. The van der Waals surface area contributed by atoms with Crippen LogP contribution < -0.4 is 0 Å². The summed E-state index contributed by atoms with van der Waals surface area (Å²) in [6, 6.07) is 8.20. The van der Waals surface area contributed by atoms with Crippen molar-refractivity contribution in [3.63, 3.8) is 0 Å². The number of alkyl halides is 6. The third kappa shape index (κ3) is 5.87. The van der Waals surface area contributed by atoms with Gasteiger partial charge in [0, 0.05) is 0 Å². The van der Waals surface area contributed by atoms with Crippen LogP contribution in [0.1, 0.15) is 33.6 Å². The predicted molar refractivity (Wildman–Crippen MR) is 144 cm³/mol. The Kier molecular flexibility index (Phi) is 8.75. The van der Waals surface area contributed by atoms with Gasteiger partial charge >= 0.3 is 11.0 Å². The summed E-state index contributed by atoms with van der Waals surface area (Å²) in [6.07, 6.45) is 2.62. The molecular formula is C27H30F6NO4S2+. The van der Waals surface area contributed by atoms with Gasteiger partial charge in [0.05, 0.1) is 36.5 Å². The SMILES string of the molecule is CCC[N+](C)(CC)CCC.O=S(=O)(c1cc2ccc3cc(S(=O)(=O)C(F)(F)F)cc4ccc(c1)c2c34)C(F)(F)F. The van der Waals surface area contributed by atoms with Gasteiger partial charge in [0.15, 0.2) is 0 Å². The Hall–Kier alpha value is -2.64. The summed E-state index contributed by atoms with van der Waals surface area (Å²) in [5, 5.41) is 1.06. The van der Waals surface area contributed by atoms with E-state index in [0.717, 1.165) is 24.3 Å². The molecule has 0 spiro atoms. The molecule has 0 heterocycles. The van der Waals surface area contributed by atoms with Gasteiger partial charge < -0.3 is 4.48 Å². The molecule has 4 rings (SSSR count). The van der Waals surface area contributed by atoms with E-state index < -0.39 is 40.5 Å². The van der Waals surface area contributed by atoms with Crippen LogP contribution in [-0.4, -0.2) is 59.0 Å². The van der Waals surface area contributed by atoms with Gasteiger partial charge in [-0.3, -0.25) is 0 Å². The van der Waals surface area contributed by atoms with Crippen molar-refractivity contribution < 1.29 is 47.7 Å². The minimum atomic E-state index is -5.61. The highest BCUT2D eigenvalue weighted by molar-refractivity contribution is 7.92. The zero-order valence-corrected chi connectivity index (χ0v) is 24.0. The second-order valence-corrected chi connectivity index (χ2v) is 13.8. The van der Waals surface area contributed by atoms with E-state index in [-0.39, 0.29) is 21.5 Å². The maximum absolute atomic E-state index is 12.9. The second-order valence-electron chi connectivity index (χ2n) is 9.90. The number of benzene rings is 4. The second kappa shape index (κ2) is 11.0. The highest BCUT2D eigenvalue weighted by Crippen LogP contribution is 2.41. The average Bonchev–Trinajstić information content (AvgIpc) is 2.86. The maximum Gasteiger partial charge on any atom is 0.501 e. The van der Waals surface area contributed by atoms with Gasteiger partial charge in [-0.05, 0) is 76.3 Å². The van der Waals surface area contributed by atoms with E-state index in [0.29, 0.717) is 10.8 Å². The highest BCUT2D eigenvalue weighted by atomic mass is 32.2. The van der Waals surface area contributed by atoms with E-state index in [1.807, 2.05) is 0 Å². The predicted octanol–water partition coefficient (Wildman–Crippen LogP) is 7.44. The molecule has 0 N–H and O–H groups in total. The van der Waals surface area contributed by atoms with Crippen LogP contribution in [0.5, 0.6) is 0 Å². The molecule has 0 aromatic heterocycles. The Morgan fingerprint density at radius 1 is 0.600 bits per heavy atom. The smallest absolute Gasteiger partial charge is 0.326 e. The number of hydrogen-bond donors (Lipinski definition) is 0. The Morgan fingerprint density at radius 3 is 1.07 bits per heavy atom. The largest absolute Gasteiger partial charge is 0.501 e. The zero-order valence-electron chi connectivity index (χ0n) is 22.3. The number of hydrogen-bond acceptors (Lipinski definition) is 4. The minimum absolute atomic E-state index is 0.111. The molecule has 0 atom stereocenters. The Bertz CT molecular complexity index is 1540. The molecule has 0 unspecified atom stereocenters. The van der Waals surface area contributed by atoms with Crippen LogP contribution >= 0.6 is 0 Å². The van der Waals surface area contributed by atoms with Gasteiger partial charge in [0.2, 0.25) is 0 Å². The molecule has 0 aliphatic heterocycles. The van der Waals surface area contributed by atoms with E-state index >= 15 is 0 Å². The molecule has 0 aliphatic rings. The molecule has 0 radical (unpaired) electrons. The first kappa shape index (κ1) is 31.9. The summed E-state index contributed by atoms with van der Waals surface area (Å²) < 4.78 is 126. The molecule has 5 nitrogen and oxygen atoms in total. The van der Waals surface area contributed by atoms with E-state index in [4.69, 9.17) is 0 Å². The number of sulfone groups is 2.